The highest BCUT2D eigenvalue weighted by Gasteiger charge is 2.32. The Hall–Kier alpha value is -1.46. The van der Waals surface area contributed by atoms with Gasteiger partial charge in [0.05, 0.1) is 6.04 Å². The number of carboxylic acids is 1. The minimum atomic E-state index is -1.16. The number of hydrogen-bond donors (Lipinski definition) is 7. The van der Waals surface area contributed by atoms with E-state index < -0.39 is 47.9 Å². The van der Waals surface area contributed by atoms with Gasteiger partial charge in [0.25, 0.3) is 0 Å². The molecule has 0 aromatic heterocycles. The van der Waals surface area contributed by atoms with Gasteiger partial charge in [-0.1, -0.05) is 27.7 Å². The normalized spacial score (nSPS) is 15.6. The molecule has 9 nitrogen and oxygen atoms in total. The van der Waals surface area contributed by atoms with Crippen molar-refractivity contribution in [1.82, 2.24) is 16.0 Å². The van der Waals surface area contributed by atoms with E-state index >= 15 is 0 Å². The van der Waals surface area contributed by atoms with Crippen LogP contribution in [0.25, 0.3) is 0 Å². The van der Waals surface area contributed by atoms with Crippen molar-refractivity contribution in [3.05, 3.63) is 0 Å². The molecule has 0 aromatic rings. The summed E-state index contributed by atoms with van der Waals surface area (Å²) in [6.07, 6.45) is 0. The average Bonchev–Trinajstić information content (AvgIpc) is 2.59. The van der Waals surface area contributed by atoms with Gasteiger partial charge in [-0.15, -0.1) is 0 Å². The first-order valence-electron chi connectivity index (χ1n) is 8.57. The third-order valence-electron chi connectivity index (χ3n) is 3.83. The van der Waals surface area contributed by atoms with Crippen LogP contribution in [0.1, 0.15) is 27.7 Å². The summed E-state index contributed by atoms with van der Waals surface area (Å²) in [5, 5.41) is 16.7. The molecular formula is C16H30N4O5S2. The van der Waals surface area contributed by atoms with Crippen LogP contribution in [0.3, 0.4) is 0 Å². The molecule has 11 heteroatoms. The maximum absolute atomic E-state index is 12.5. The molecule has 4 unspecified atom stereocenters. The molecule has 0 heterocycles. The summed E-state index contributed by atoms with van der Waals surface area (Å²) in [6.45, 7) is 6.75. The van der Waals surface area contributed by atoms with Crippen LogP contribution in [-0.2, 0) is 19.2 Å². The number of nitrogens with two attached hydrogens (primary N) is 1. The molecule has 0 fully saturated rings. The second-order valence-corrected chi connectivity index (χ2v) is 7.56. The zero-order chi connectivity index (χ0) is 21.3. The van der Waals surface area contributed by atoms with E-state index in [-0.39, 0.29) is 23.3 Å². The predicted molar refractivity (Wildman–Crippen MR) is 109 cm³/mol. The van der Waals surface area contributed by atoms with Gasteiger partial charge in [0, 0.05) is 11.5 Å². The van der Waals surface area contributed by atoms with E-state index in [1.54, 1.807) is 27.7 Å². The van der Waals surface area contributed by atoms with E-state index in [9.17, 15) is 24.3 Å². The zero-order valence-electron chi connectivity index (χ0n) is 15.9. The first kappa shape index (κ1) is 25.5. The molecule has 0 spiro atoms. The average molecular weight is 423 g/mol. The van der Waals surface area contributed by atoms with Crippen LogP contribution in [-0.4, -0.2) is 64.5 Å². The number of carbonyl (C=O) groups excluding carboxylic acids is 3. The van der Waals surface area contributed by atoms with Crippen LogP contribution in [0.15, 0.2) is 0 Å². The van der Waals surface area contributed by atoms with Gasteiger partial charge in [-0.05, 0) is 11.8 Å². The lowest BCUT2D eigenvalue weighted by atomic mass is 10.00. The summed E-state index contributed by atoms with van der Waals surface area (Å²) in [5.74, 6) is -3.49. The first-order valence-corrected chi connectivity index (χ1v) is 9.83. The van der Waals surface area contributed by atoms with Gasteiger partial charge in [-0.2, -0.15) is 25.3 Å². The molecule has 0 aliphatic rings. The Morgan fingerprint density at radius 2 is 1.30 bits per heavy atom. The van der Waals surface area contributed by atoms with Crippen molar-refractivity contribution >= 4 is 48.9 Å². The second kappa shape index (κ2) is 12.1. The fourth-order valence-electron chi connectivity index (χ4n) is 2.10. The summed E-state index contributed by atoms with van der Waals surface area (Å²) in [7, 11) is 0. The standard InChI is InChI=1S/C16H30N4O5S2/c1-7(2)11(15(23)20-12(8(3)4)16(24)25)19-14(22)10(6-27)18-13(21)9(17)5-26/h7-12,26-27H,5-6,17H2,1-4H3,(H,18,21)(H,19,22)(H,20,23)(H,24,25). The van der Waals surface area contributed by atoms with Crippen molar-refractivity contribution in [3.8, 4) is 0 Å². The number of nitrogens with one attached hydrogen (secondary N) is 3. The molecule has 0 aliphatic carbocycles. The number of hydrogen-bond acceptors (Lipinski definition) is 7. The summed E-state index contributed by atoms with van der Waals surface area (Å²) in [4.78, 5) is 48.1. The third-order valence-corrected chi connectivity index (χ3v) is 4.58. The van der Waals surface area contributed by atoms with Crippen LogP contribution in [0.5, 0.6) is 0 Å². The van der Waals surface area contributed by atoms with E-state index in [0.717, 1.165) is 0 Å². The molecule has 0 radical (unpaired) electrons. The number of carbonyl (C=O) groups is 4. The van der Waals surface area contributed by atoms with Crippen molar-refractivity contribution in [1.29, 1.82) is 0 Å². The van der Waals surface area contributed by atoms with Crippen LogP contribution < -0.4 is 21.7 Å². The smallest absolute Gasteiger partial charge is 0.326 e. The number of rotatable bonds is 11. The van der Waals surface area contributed by atoms with Gasteiger partial charge in [0.1, 0.15) is 18.1 Å². The fourth-order valence-corrected chi connectivity index (χ4v) is 2.52. The van der Waals surface area contributed by atoms with Gasteiger partial charge in [0.2, 0.25) is 17.7 Å². The number of amides is 3. The van der Waals surface area contributed by atoms with Gasteiger partial charge >= 0.3 is 5.97 Å². The van der Waals surface area contributed by atoms with Crippen molar-refractivity contribution < 1.29 is 24.3 Å². The molecule has 4 atom stereocenters. The van der Waals surface area contributed by atoms with Gasteiger partial charge < -0.3 is 26.8 Å². The van der Waals surface area contributed by atoms with Crippen molar-refractivity contribution in [2.45, 2.75) is 51.9 Å². The minimum absolute atomic E-state index is 0.00690. The van der Waals surface area contributed by atoms with Gasteiger partial charge in [0.15, 0.2) is 0 Å². The van der Waals surface area contributed by atoms with E-state index in [4.69, 9.17) is 5.73 Å². The Balaban J connectivity index is 5.16. The summed E-state index contributed by atoms with van der Waals surface area (Å²) in [5.41, 5.74) is 5.56. The predicted octanol–water partition coefficient (Wildman–Crippen LogP) is -0.976. The molecule has 0 aromatic carbocycles. The first-order chi connectivity index (χ1) is 12.5. The molecule has 3 amide bonds. The van der Waals surface area contributed by atoms with Crippen molar-refractivity contribution in [3.63, 3.8) is 0 Å². The monoisotopic (exact) mass is 422 g/mol. The number of carboxylic acid groups (broad SMARTS) is 1. The van der Waals surface area contributed by atoms with Crippen molar-refractivity contribution in [2.75, 3.05) is 11.5 Å². The largest absolute Gasteiger partial charge is 0.480 e. The van der Waals surface area contributed by atoms with Crippen LogP contribution in [0.4, 0.5) is 0 Å². The summed E-state index contributed by atoms with van der Waals surface area (Å²) in [6, 6.07) is -3.93. The van der Waals surface area contributed by atoms with E-state index in [1.165, 1.54) is 0 Å². The van der Waals surface area contributed by atoms with Gasteiger partial charge in [-0.25, -0.2) is 4.79 Å². The lowest BCUT2D eigenvalue weighted by molar-refractivity contribution is -0.143. The van der Waals surface area contributed by atoms with Crippen molar-refractivity contribution in [2.24, 2.45) is 17.6 Å². The summed E-state index contributed by atoms with van der Waals surface area (Å²) >= 11 is 7.97. The molecular weight excluding hydrogens is 392 g/mol. The van der Waals surface area contributed by atoms with Gasteiger partial charge in [-0.3, -0.25) is 14.4 Å². The Morgan fingerprint density at radius 3 is 1.67 bits per heavy atom. The lowest BCUT2D eigenvalue weighted by Gasteiger charge is -2.27. The van der Waals surface area contributed by atoms with E-state index in [2.05, 4.69) is 41.2 Å². The molecule has 0 rings (SSSR count). The Bertz CT molecular complexity index is 545. The zero-order valence-corrected chi connectivity index (χ0v) is 17.7. The van der Waals surface area contributed by atoms with E-state index in [0.29, 0.717) is 0 Å². The van der Waals surface area contributed by atoms with Crippen LogP contribution >= 0.6 is 25.3 Å². The topological polar surface area (TPSA) is 151 Å². The molecule has 0 aliphatic heterocycles. The fraction of sp³-hybridized carbons (Fsp3) is 0.750. The molecule has 0 saturated carbocycles. The number of aliphatic carboxylic acids is 1. The highest BCUT2D eigenvalue weighted by atomic mass is 32.1. The van der Waals surface area contributed by atoms with Crippen LogP contribution in [0, 0.1) is 11.8 Å². The maximum atomic E-state index is 12.5. The molecule has 27 heavy (non-hydrogen) atoms. The lowest BCUT2D eigenvalue weighted by Crippen LogP contribution is -2.59. The SMILES string of the molecule is CC(C)C(NC(=O)C(NC(=O)C(CS)NC(=O)C(N)CS)C(C)C)C(=O)O. The Labute approximate surface area is 170 Å². The van der Waals surface area contributed by atoms with E-state index in [1.807, 2.05) is 0 Å². The Morgan fingerprint density at radius 1 is 0.815 bits per heavy atom. The second-order valence-electron chi connectivity index (χ2n) is 6.83. The highest BCUT2D eigenvalue weighted by molar-refractivity contribution is 7.80. The molecule has 0 bridgehead atoms. The molecule has 6 N–H and O–H groups in total. The molecule has 156 valence electrons. The third kappa shape index (κ3) is 8.39. The number of thiol groups is 2. The minimum Gasteiger partial charge on any atom is -0.480 e. The molecule has 0 saturated heterocycles. The van der Waals surface area contributed by atoms with Crippen LogP contribution in [0.2, 0.25) is 0 Å². The highest BCUT2D eigenvalue weighted by Crippen LogP contribution is 2.07. The maximum Gasteiger partial charge on any atom is 0.326 e. The quantitative estimate of drug-likeness (QED) is 0.213. The Kier molecular flexibility index (Phi) is 11.4. The summed E-state index contributed by atoms with van der Waals surface area (Å²) < 4.78 is 0.